The van der Waals surface area contributed by atoms with Gasteiger partial charge in [0, 0.05) is 22.8 Å². The zero-order valence-corrected chi connectivity index (χ0v) is 8.68. The Morgan fingerprint density at radius 2 is 2.33 bits per heavy atom. The van der Waals surface area contributed by atoms with Crippen LogP contribution in [0.25, 0.3) is 0 Å². The highest BCUT2D eigenvalue weighted by atomic mass is 79.9. The van der Waals surface area contributed by atoms with Gasteiger partial charge in [0.05, 0.1) is 0 Å². The van der Waals surface area contributed by atoms with Crippen LogP contribution in [0.2, 0.25) is 0 Å². The van der Waals surface area contributed by atoms with Gasteiger partial charge in [0.25, 0.3) is 0 Å². The fourth-order valence-electron chi connectivity index (χ4n) is 0.882. The second kappa shape index (κ2) is 3.52. The number of nitrogens with zero attached hydrogens (tertiary/aromatic N) is 1. The van der Waals surface area contributed by atoms with Crippen molar-refractivity contribution >= 4 is 15.9 Å². The molecule has 0 aliphatic carbocycles. The van der Waals surface area contributed by atoms with E-state index >= 15 is 0 Å². The van der Waals surface area contributed by atoms with Gasteiger partial charge in [-0.2, -0.15) is 0 Å². The summed E-state index contributed by atoms with van der Waals surface area (Å²) in [5, 5.41) is 0. The lowest BCUT2D eigenvalue weighted by Gasteiger charge is -2.23. The molecule has 1 nitrogen and oxygen atoms in total. The van der Waals surface area contributed by atoms with E-state index in [1.165, 1.54) is 0 Å². The van der Waals surface area contributed by atoms with Crippen LogP contribution in [0.3, 0.4) is 0 Å². The summed E-state index contributed by atoms with van der Waals surface area (Å²) in [6.45, 7) is 3.33. The summed E-state index contributed by atoms with van der Waals surface area (Å²) in [6.07, 6.45) is 3.19. The first kappa shape index (κ1) is 9.65. The van der Waals surface area contributed by atoms with Gasteiger partial charge in [0.2, 0.25) is 0 Å². The normalized spacial score (nSPS) is 18.3. The second-order valence-electron chi connectivity index (χ2n) is 2.93. The lowest BCUT2D eigenvalue weighted by Crippen LogP contribution is -2.24. The van der Waals surface area contributed by atoms with E-state index in [2.05, 4.69) is 20.9 Å². The van der Waals surface area contributed by atoms with Crippen molar-refractivity contribution in [2.24, 2.45) is 0 Å². The topological polar surface area (TPSA) is 12.9 Å². The third-order valence-electron chi connectivity index (χ3n) is 1.97. The Hall–Kier alpha value is -0.440. The minimum absolute atomic E-state index is 0.214. The minimum Gasteiger partial charge on any atom is -0.264 e. The van der Waals surface area contributed by atoms with Crippen LogP contribution < -0.4 is 0 Å². The summed E-state index contributed by atoms with van der Waals surface area (Å²) in [6, 6.07) is 3.48. The van der Waals surface area contributed by atoms with Crippen molar-refractivity contribution in [2.45, 2.75) is 24.3 Å². The van der Waals surface area contributed by atoms with Crippen molar-refractivity contribution in [1.29, 1.82) is 0 Å². The highest BCUT2D eigenvalue weighted by Crippen LogP contribution is 2.32. The number of aromatic nitrogens is 1. The molecule has 0 aliphatic rings. The largest absolute Gasteiger partial charge is 0.264 e. The van der Waals surface area contributed by atoms with E-state index in [0.29, 0.717) is 5.56 Å². The molecule has 0 fully saturated rings. The van der Waals surface area contributed by atoms with E-state index in [1.54, 1.807) is 38.4 Å². The number of halogens is 2. The summed E-state index contributed by atoms with van der Waals surface area (Å²) in [5.41, 5.74) is -0.747. The van der Waals surface area contributed by atoms with E-state index in [9.17, 15) is 4.39 Å². The molecule has 0 spiro atoms. The summed E-state index contributed by atoms with van der Waals surface area (Å²) in [5.74, 6) is 0. The van der Waals surface area contributed by atoms with E-state index in [4.69, 9.17) is 0 Å². The molecule has 0 aromatic carbocycles. The molecule has 1 unspecified atom stereocenters. The third kappa shape index (κ3) is 1.83. The van der Waals surface area contributed by atoms with Gasteiger partial charge < -0.3 is 0 Å². The van der Waals surface area contributed by atoms with E-state index in [1.807, 2.05) is 0 Å². The van der Waals surface area contributed by atoms with Crippen molar-refractivity contribution < 1.29 is 4.39 Å². The maximum absolute atomic E-state index is 13.9. The molecular weight excluding hydrogens is 221 g/mol. The molecule has 0 bridgehead atoms. The number of pyridine rings is 1. The van der Waals surface area contributed by atoms with E-state index < -0.39 is 5.67 Å². The fourth-order valence-corrected chi connectivity index (χ4v) is 1.15. The molecule has 12 heavy (non-hydrogen) atoms. The zero-order valence-electron chi connectivity index (χ0n) is 7.09. The molecule has 1 rings (SSSR count). The van der Waals surface area contributed by atoms with Gasteiger partial charge in [-0.3, -0.25) is 4.98 Å². The van der Waals surface area contributed by atoms with Gasteiger partial charge >= 0.3 is 0 Å². The highest BCUT2D eigenvalue weighted by molar-refractivity contribution is 9.09. The second-order valence-corrected chi connectivity index (χ2v) is 4.31. The molecule has 0 radical (unpaired) electrons. The van der Waals surface area contributed by atoms with E-state index in [0.717, 1.165) is 0 Å². The molecule has 1 heterocycles. The Kier molecular flexibility index (Phi) is 2.83. The van der Waals surface area contributed by atoms with Gasteiger partial charge in [0.15, 0.2) is 0 Å². The monoisotopic (exact) mass is 231 g/mol. The molecule has 0 N–H and O–H groups in total. The highest BCUT2D eigenvalue weighted by Gasteiger charge is 2.31. The summed E-state index contributed by atoms with van der Waals surface area (Å²) >= 11 is 3.23. The van der Waals surface area contributed by atoms with Gasteiger partial charge in [-0.1, -0.05) is 22.0 Å². The van der Waals surface area contributed by atoms with Gasteiger partial charge in [-0.05, 0) is 19.9 Å². The first-order valence-electron chi connectivity index (χ1n) is 3.78. The maximum atomic E-state index is 13.9. The van der Waals surface area contributed by atoms with E-state index in [-0.39, 0.29) is 4.83 Å². The molecule has 3 heteroatoms. The van der Waals surface area contributed by atoms with Crippen LogP contribution in [-0.2, 0) is 5.67 Å². The van der Waals surface area contributed by atoms with Gasteiger partial charge in [0.1, 0.15) is 5.67 Å². The lowest BCUT2D eigenvalue weighted by molar-refractivity contribution is 0.195. The van der Waals surface area contributed by atoms with Crippen LogP contribution in [0.1, 0.15) is 19.4 Å². The fraction of sp³-hybridized carbons (Fsp3) is 0.444. The molecular formula is C9H11BrFN. The van der Waals surface area contributed by atoms with Crippen LogP contribution >= 0.6 is 15.9 Å². The van der Waals surface area contributed by atoms with Crippen LogP contribution in [0, 0.1) is 0 Å². The molecule has 0 aliphatic heterocycles. The third-order valence-corrected chi connectivity index (χ3v) is 2.83. The number of hydrogen-bond acceptors (Lipinski definition) is 1. The number of hydrogen-bond donors (Lipinski definition) is 0. The summed E-state index contributed by atoms with van der Waals surface area (Å²) < 4.78 is 13.9. The van der Waals surface area contributed by atoms with Crippen LogP contribution in [-0.4, -0.2) is 9.81 Å². The zero-order chi connectivity index (χ0) is 9.19. The standard InChI is InChI=1S/C9H11BrFN/c1-7(10)9(2,11)8-4-3-5-12-6-8/h3-7H,1-2H3/t7-,9?/m0/s1. The molecule has 66 valence electrons. The smallest absolute Gasteiger partial charge is 0.146 e. The Balaban J connectivity index is 2.98. The predicted molar refractivity (Wildman–Crippen MR) is 51.1 cm³/mol. The predicted octanol–water partition coefficient (Wildman–Crippen LogP) is 3.05. The summed E-state index contributed by atoms with van der Waals surface area (Å²) in [7, 11) is 0. The molecule has 1 aromatic heterocycles. The van der Waals surface area contributed by atoms with Crippen molar-refractivity contribution in [3.8, 4) is 0 Å². The quantitative estimate of drug-likeness (QED) is 0.714. The Morgan fingerprint density at radius 1 is 1.67 bits per heavy atom. The van der Waals surface area contributed by atoms with Crippen molar-refractivity contribution in [1.82, 2.24) is 4.98 Å². The first-order valence-corrected chi connectivity index (χ1v) is 4.70. The van der Waals surface area contributed by atoms with Gasteiger partial charge in [-0.15, -0.1) is 0 Å². The van der Waals surface area contributed by atoms with Crippen LogP contribution in [0.5, 0.6) is 0 Å². The SMILES string of the molecule is C[C@H](Br)C(C)(F)c1cccnc1. The van der Waals surface area contributed by atoms with Crippen molar-refractivity contribution in [3.05, 3.63) is 30.1 Å². The van der Waals surface area contributed by atoms with Crippen molar-refractivity contribution in [2.75, 3.05) is 0 Å². The maximum Gasteiger partial charge on any atom is 0.146 e. The van der Waals surface area contributed by atoms with Crippen LogP contribution in [0.4, 0.5) is 4.39 Å². The molecule has 0 amide bonds. The Bertz CT molecular complexity index is 246. The number of alkyl halides is 2. The average molecular weight is 232 g/mol. The lowest BCUT2D eigenvalue weighted by atomic mass is 9.97. The molecule has 0 saturated heterocycles. The first-order chi connectivity index (χ1) is 5.55. The average Bonchev–Trinajstić information content (AvgIpc) is 2.06. The molecule has 0 saturated carbocycles. The molecule has 2 atom stereocenters. The summed E-state index contributed by atoms with van der Waals surface area (Å²) in [4.78, 5) is 3.66. The Morgan fingerprint density at radius 3 is 2.75 bits per heavy atom. The van der Waals surface area contributed by atoms with Crippen molar-refractivity contribution in [3.63, 3.8) is 0 Å². The molecule has 1 aromatic rings. The Labute approximate surface area is 80.1 Å². The van der Waals surface area contributed by atoms with Crippen LogP contribution in [0.15, 0.2) is 24.5 Å². The van der Waals surface area contributed by atoms with Gasteiger partial charge in [-0.25, -0.2) is 4.39 Å². The minimum atomic E-state index is -1.35. The number of rotatable bonds is 2.